The van der Waals surface area contributed by atoms with Crippen LogP contribution in [0.1, 0.15) is 6.92 Å². The number of likely N-dealkylation sites (N-methyl/N-ethyl adjacent to an activating group) is 1. The molecular weight excluding hydrogens is 386 g/mol. The van der Waals surface area contributed by atoms with Gasteiger partial charge in [0.1, 0.15) is 11.4 Å². The Hall–Kier alpha value is -3.72. The molecule has 9 heteroatoms. The van der Waals surface area contributed by atoms with Crippen molar-refractivity contribution in [2.24, 2.45) is 10.2 Å². The molecule has 1 N–H and O–H groups in total. The molecule has 2 aromatic carbocycles. The summed E-state index contributed by atoms with van der Waals surface area (Å²) in [7, 11) is 3.40. The number of carbonyl (C=O) groups excluding carboxylic acids is 1. The van der Waals surface area contributed by atoms with Crippen LogP contribution in [0.5, 0.6) is 11.7 Å². The molecule has 1 fully saturated rings. The van der Waals surface area contributed by atoms with E-state index in [0.29, 0.717) is 17.0 Å². The molecule has 3 aromatic rings. The molecule has 2 atom stereocenters. The van der Waals surface area contributed by atoms with Crippen LogP contribution < -0.4 is 9.75 Å². The van der Waals surface area contributed by atoms with Crippen LogP contribution in [-0.4, -0.2) is 47.4 Å². The molecule has 1 saturated heterocycles. The topological polar surface area (TPSA) is 104 Å². The van der Waals surface area contributed by atoms with Crippen molar-refractivity contribution in [3.8, 4) is 23.0 Å². The molecule has 0 bridgehead atoms. The van der Waals surface area contributed by atoms with Crippen molar-refractivity contribution in [2.45, 2.75) is 19.0 Å². The number of nitrogens with zero attached hydrogens (tertiary/aromatic N) is 5. The number of hydrazine groups is 1. The number of amides is 1. The van der Waals surface area contributed by atoms with Crippen LogP contribution in [0.3, 0.4) is 0 Å². The van der Waals surface area contributed by atoms with Gasteiger partial charge in [-0.25, -0.2) is 10.0 Å². The van der Waals surface area contributed by atoms with Gasteiger partial charge >= 0.3 is 5.95 Å². The van der Waals surface area contributed by atoms with Crippen LogP contribution in [0.2, 0.25) is 0 Å². The predicted octanol–water partition coefficient (Wildman–Crippen LogP) is 3.79. The molecule has 1 aromatic heterocycles. The number of para-hydroxylation sites is 1. The second-order valence-corrected chi connectivity index (χ2v) is 6.87. The number of ether oxygens (including phenoxy) is 1. The maximum absolute atomic E-state index is 13.0. The number of azo groups is 1. The number of hydrogen-bond acceptors (Lipinski definition) is 8. The van der Waals surface area contributed by atoms with E-state index in [4.69, 9.17) is 9.26 Å². The van der Waals surface area contributed by atoms with E-state index >= 15 is 0 Å². The van der Waals surface area contributed by atoms with Gasteiger partial charge in [0.2, 0.25) is 0 Å². The van der Waals surface area contributed by atoms with Gasteiger partial charge in [0.15, 0.2) is 11.7 Å². The molecule has 4 rings (SSSR count). The molecule has 0 radical (unpaired) electrons. The summed E-state index contributed by atoms with van der Waals surface area (Å²) in [6, 6.07) is 15.4. The predicted molar refractivity (Wildman–Crippen MR) is 110 cm³/mol. The van der Waals surface area contributed by atoms with E-state index in [-0.39, 0.29) is 17.6 Å². The Morgan fingerprint density at radius 2 is 1.83 bits per heavy atom. The van der Waals surface area contributed by atoms with Gasteiger partial charge in [0.05, 0.1) is 18.8 Å². The van der Waals surface area contributed by atoms with Crippen molar-refractivity contribution in [3.63, 3.8) is 0 Å². The van der Waals surface area contributed by atoms with Crippen molar-refractivity contribution >= 4 is 17.3 Å². The van der Waals surface area contributed by atoms with Gasteiger partial charge in [-0.15, -0.1) is 5.11 Å². The van der Waals surface area contributed by atoms with Gasteiger partial charge in [0.25, 0.3) is 5.91 Å². The lowest BCUT2D eigenvalue weighted by Gasteiger charge is -2.26. The van der Waals surface area contributed by atoms with Gasteiger partial charge in [-0.2, -0.15) is 5.11 Å². The first-order valence-corrected chi connectivity index (χ1v) is 9.37. The zero-order valence-corrected chi connectivity index (χ0v) is 16.8. The maximum Gasteiger partial charge on any atom is 0.337 e. The van der Waals surface area contributed by atoms with Gasteiger partial charge < -0.3 is 14.4 Å². The summed E-state index contributed by atoms with van der Waals surface area (Å²) in [6.45, 7) is 1.89. The minimum Gasteiger partial charge on any atom is -0.497 e. The van der Waals surface area contributed by atoms with Gasteiger partial charge in [-0.1, -0.05) is 23.4 Å². The Morgan fingerprint density at radius 3 is 2.50 bits per heavy atom. The number of aromatic nitrogens is 1. The summed E-state index contributed by atoms with van der Waals surface area (Å²) in [5.74, 6) is 0.0156. The van der Waals surface area contributed by atoms with E-state index in [2.05, 4.69) is 15.4 Å². The maximum atomic E-state index is 13.0. The zero-order valence-electron chi connectivity index (χ0n) is 16.8. The Morgan fingerprint density at radius 1 is 1.13 bits per heavy atom. The molecule has 1 aliphatic rings. The molecule has 2 unspecified atom stereocenters. The summed E-state index contributed by atoms with van der Waals surface area (Å²) >= 11 is 0. The van der Waals surface area contributed by atoms with Crippen LogP contribution in [-0.2, 0) is 4.79 Å². The first-order chi connectivity index (χ1) is 14.5. The van der Waals surface area contributed by atoms with Crippen LogP contribution in [0.15, 0.2) is 69.3 Å². The van der Waals surface area contributed by atoms with Crippen LogP contribution in [0.4, 0.5) is 11.4 Å². The Bertz CT molecular complexity index is 1060. The highest BCUT2D eigenvalue weighted by molar-refractivity contribution is 5.99. The van der Waals surface area contributed by atoms with Crippen LogP contribution in [0.25, 0.3) is 11.3 Å². The molecular formula is C21H21N5O4. The average Bonchev–Trinajstić information content (AvgIpc) is 3.24. The quantitative estimate of drug-likeness (QED) is 0.646. The fraction of sp³-hybridized carbons (Fsp3) is 0.238. The number of anilines is 1. The molecule has 9 nitrogen and oxygen atoms in total. The Kier molecular flexibility index (Phi) is 5.20. The summed E-state index contributed by atoms with van der Waals surface area (Å²) in [4.78, 5) is 13.0. The average molecular weight is 407 g/mol. The van der Waals surface area contributed by atoms with Crippen LogP contribution in [0, 0.1) is 0 Å². The monoisotopic (exact) mass is 407 g/mol. The van der Waals surface area contributed by atoms with Crippen molar-refractivity contribution in [1.82, 2.24) is 10.2 Å². The largest absolute Gasteiger partial charge is 0.497 e. The summed E-state index contributed by atoms with van der Waals surface area (Å²) < 4.78 is 10.1. The lowest BCUT2D eigenvalue weighted by atomic mass is 10.1. The highest BCUT2D eigenvalue weighted by Gasteiger charge is 2.43. The standard InChI is InChI=1S/C21H21N5O4/c1-13-17(20(27)26(25(13)2)15-7-5-4-6-8-15)22-23-19-18(24-30-21(19)28)14-9-11-16(29-3)12-10-14/h4-13,17,28H,1-3H3. The lowest BCUT2D eigenvalue weighted by Crippen LogP contribution is -2.38. The molecule has 2 heterocycles. The molecule has 30 heavy (non-hydrogen) atoms. The number of methoxy groups -OCH3 is 1. The van der Waals surface area contributed by atoms with E-state index in [0.717, 1.165) is 5.69 Å². The smallest absolute Gasteiger partial charge is 0.337 e. The zero-order chi connectivity index (χ0) is 21.3. The van der Waals surface area contributed by atoms with E-state index in [1.54, 1.807) is 36.4 Å². The first-order valence-electron chi connectivity index (χ1n) is 9.37. The summed E-state index contributed by atoms with van der Waals surface area (Å²) in [6.07, 6.45) is 0. The third kappa shape index (κ3) is 3.39. The van der Waals surface area contributed by atoms with Crippen LogP contribution >= 0.6 is 0 Å². The highest BCUT2D eigenvalue weighted by atomic mass is 16.5. The van der Waals surface area contributed by atoms with Crippen molar-refractivity contribution in [3.05, 3.63) is 54.6 Å². The molecule has 1 amide bonds. The molecule has 0 saturated carbocycles. The number of hydrogen-bond donors (Lipinski definition) is 1. The second-order valence-electron chi connectivity index (χ2n) is 6.87. The van der Waals surface area contributed by atoms with Crippen molar-refractivity contribution in [1.29, 1.82) is 0 Å². The summed E-state index contributed by atoms with van der Waals surface area (Å²) in [5.41, 5.74) is 1.81. The number of benzene rings is 2. The second kappa shape index (κ2) is 7.96. The Balaban J connectivity index is 1.62. The minimum absolute atomic E-state index is 0.0704. The van der Waals surface area contributed by atoms with Gasteiger partial charge in [-0.05, 0) is 43.3 Å². The molecule has 1 aliphatic heterocycles. The van der Waals surface area contributed by atoms with Crippen molar-refractivity contribution < 1.29 is 19.2 Å². The fourth-order valence-corrected chi connectivity index (χ4v) is 3.32. The summed E-state index contributed by atoms with van der Waals surface area (Å²) in [5, 5.41) is 25.7. The normalized spacial score (nSPS) is 19.7. The highest BCUT2D eigenvalue weighted by Crippen LogP contribution is 2.39. The van der Waals surface area contributed by atoms with Gasteiger partial charge in [0, 0.05) is 12.6 Å². The molecule has 0 aliphatic carbocycles. The Labute approximate surface area is 173 Å². The third-order valence-corrected chi connectivity index (χ3v) is 5.12. The number of rotatable bonds is 5. The third-order valence-electron chi connectivity index (χ3n) is 5.12. The van der Waals surface area contributed by atoms with E-state index < -0.39 is 12.0 Å². The van der Waals surface area contributed by atoms with E-state index in [9.17, 15) is 9.90 Å². The van der Waals surface area contributed by atoms with E-state index in [1.165, 1.54) is 0 Å². The van der Waals surface area contributed by atoms with E-state index in [1.807, 2.05) is 49.3 Å². The van der Waals surface area contributed by atoms with Crippen molar-refractivity contribution in [2.75, 3.05) is 19.2 Å². The molecule has 154 valence electrons. The number of carbonyl (C=O) groups is 1. The number of aromatic hydroxyl groups is 1. The first kappa shape index (κ1) is 19.6. The van der Waals surface area contributed by atoms with Gasteiger partial charge in [-0.3, -0.25) is 4.79 Å². The fourth-order valence-electron chi connectivity index (χ4n) is 3.32. The molecule has 0 spiro atoms. The minimum atomic E-state index is -0.742. The SMILES string of the molecule is COc1ccc(-c2noc(O)c2N=NC2C(=O)N(c3ccccc3)N(C)C2C)cc1. The lowest BCUT2D eigenvalue weighted by molar-refractivity contribution is -0.118.